The maximum absolute atomic E-state index is 9.57. The minimum absolute atomic E-state index is 1.65. The number of rotatable bonds is 2. The van der Waals surface area contributed by atoms with E-state index in [0.29, 0.717) is 0 Å². The summed E-state index contributed by atoms with van der Waals surface area (Å²) < 4.78 is 0. The zero-order valence-electron chi connectivity index (χ0n) is 3.85. The van der Waals surface area contributed by atoms with Gasteiger partial charge in [-0.15, -0.1) is 0 Å². The molecule has 0 heterocycles. The lowest BCUT2D eigenvalue weighted by atomic mass is 10.4. The summed E-state index contributed by atoms with van der Waals surface area (Å²) in [7, 11) is 0. The van der Waals surface area contributed by atoms with Gasteiger partial charge in [-0.05, 0) is 0 Å². The first-order valence-corrected chi connectivity index (χ1v) is 1.82. The summed E-state index contributed by atoms with van der Waals surface area (Å²) in [5.41, 5.74) is 0. The molecule has 0 aromatic rings. The van der Waals surface area contributed by atoms with Crippen molar-refractivity contribution in [3.8, 4) is 0 Å². The van der Waals surface area contributed by atoms with E-state index in [2.05, 4.69) is 0 Å². The fourth-order valence-electron chi connectivity index (χ4n) is 0.128. The third kappa shape index (κ3) is 1.87. The van der Waals surface area contributed by atoms with E-state index in [0.717, 1.165) is 0 Å². The number of aliphatic carboxylic acids is 1. The van der Waals surface area contributed by atoms with Gasteiger partial charge in [0.1, 0.15) is 0 Å². The van der Waals surface area contributed by atoms with E-state index in [9.17, 15) is 4.79 Å². The van der Waals surface area contributed by atoms with Gasteiger partial charge in [-0.2, -0.15) is 0 Å². The van der Waals surface area contributed by atoms with E-state index >= 15 is 0 Å². The van der Waals surface area contributed by atoms with Gasteiger partial charge in [0.15, 0.2) is 6.29 Å². The predicted octanol–water partition coefficient (Wildman–Crippen LogP) is -2.26. The van der Waals surface area contributed by atoms with Crippen molar-refractivity contribution < 1.29 is 25.2 Å². The molecule has 1 atom stereocenters. The number of hydrogen-bond donors (Lipinski definition) is 4. The molecule has 0 aromatic carbocycles. The standard InChI is InChI=1S/C3H6O5/c4-1(2(5)6)3(7)8/h1-2,4-6H,(H,7,8)/t1-/m1/s1. The molecule has 0 amide bonds. The molecule has 0 fully saturated rings. The number of aliphatic hydroxyl groups excluding tert-OH is 2. The first-order chi connectivity index (χ1) is 3.55. The first-order valence-electron chi connectivity index (χ1n) is 1.82. The van der Waals surface area contributed by atoms with Crippen LogP contribution in [0.2, 0.25) is 0 Å². The summed E-state index contributed by atoms with van der Waals surface area (Å²) in [6.45, 7) is 0. The molecule has 0 aliphatic heterocycles. The van der Waals surface area contributed by atoms with Crippen LogP contribution < -0.4 is 0 Å². The average Bonchev–Trinajstić information content (AvgIpc) is 1.64. The molecular formula is C3H6O5. The molecular weight excluding hydrogens is 116 g/mol. The zero-order chi connectivity index (χ0) is 6.73. The van der Waals surface area contributed by atoms with Crippen LogP contribution >= 0.6 is 0 Å². The molecule has 0 aromatic heterocycles. The quantitative estimate of drug-likeness (QED) is 0.310. The minimum atomic E-state index is -2.20. The Bertz CT molecular complexity index is 87.7. The minimum Gasteiger partial charge on any atom is -0.479 e. The van der Waals surface area contributed by atoms with E-state index in [1.165, 1.54) is 0 Å². The maximum atomic E-state index is 9.57. The Morgan fingerprint density at radius 2 is 1.62 bits per heavy atom. The Morgan fingerprint density at radius 3 is 1.62 bits per heavy atom. The van der Waals surface area contributed by atoms with Crippen LogP contribution in [0.1, 0.15) is 0 Å². The second kappa shape index (κ2) is 2.61. The summed E-state index contributed by atoms with van der Waals surface area (Å²) in [5, 5.41) is 31.7. The lowest BCUT2D eigenvalue weighted by molar-refractivity contribution is -0.171. The molecule has 5 nitrogen and oxygen atoms in total. The first kappa shape index (κ1) is 7.35. The molecule has 8 heavy (non-hydrogen) atoms. The van der Waals surface area contributed by atoms with E-state index in [1.54, 1.807) is 0 Å². The molecule has 0 aliphatic carbocycles. The van der Waals surface area contributed by atoms with E-state index in [1.807, 2.05) is 0 Å². The summed E-state index contributed by atoms with van der Waals surface area (Å²) in [5.74, 6) is -1.65. The van der Waals surface area contributed by atoms with E-state index in [4.69, 9.17) is 20.4 Å². The fourth-order valence-corrected chi connectivity index (χ4v) is 0.128. The number of carbonyl (C=O) groups is 1. The smallest absolute Gasteiger partial charge is 0.337 e. The normalized spacial score (nSPS) is 14.0. The Hall–Kier alpha value is -0.650. The highest BCUT2D eigenvalue weighted by atomic mass is 16.5. The van der Waals surface area contributed by atoms with Gasteiger partial charge in [-0.3, -0.25) is 0 Å². The van der Waals surface area contributed by atoms with E-state index < -0.39 is 18.4 Å². The number of aliphatic hydroxyl groups is 3. The van der Waals surface area contributed by atoms with Crippen LogP contribution in [0.25, 0.3) is 0 Å². The Labute approximate surface area is 44.8 Å². The summed E-state index contributed by atoms with van der Waals surface area (Å²) in [6.07, 6.45) is -4.30. The Kier molecular flexibility index (Phi) is 2.40. The summed E-state index contributed by atoms with van der Waals surface area (Å²) in [6, 6.07) is 0. The fraction of sp³-hybridized carbons (Fsp3) is 0.667. The van der Waals surface area contributed by atoms with Gasteiger partial charge in [-0.1, -0.05) is 0 Å². The van der Waals surface area contributed by atoms with Gasteiger partial charge >= 0.3 is 5.97 Å². The third-order valence-corrected chi connectivity index (χ3v) is 0.535. The van der Waals surface area contributed by atoms with Crippen molar-refractivity contribution in [3.05, 3.63) is 0 Å². The van der Waals surface area contributed by atoms with Crippen LogP contribution in [0.3, 0.4) is 0 Å². The third-order valence-electron chi connectivity index (χ3n) is 0.535. The van der Waals surface area contributed by atoms with Crippen LogP contribution in [0.4, 0.5) is 0 Å². The molecule has 0 saturated carbocycles. The highest BCUT2D eigenvalue weighted by Crippen LogP contribution is 1.86. The number of carboxylic acids is 1. The predicted molar refractivity (Wildman–Crippen MR) is 21.9 cm³/mol. The van der Waals surface area contributed by atoms with E-state index in [-0.39, 0.29) is 0 Å². The van der Waals surface area contributed by atoms with Gasteiger partial charge in [-0.25, -0.2) is 4.79 Å². The summed E-state index contributed by atoms with van der Waals surface area (Å²) >= 11 is 0. The molecule has 0 rings (SSSR count). The van der Waals surface area contributed by atoms with Crippen molar-refractivity contribution in [1.29, 1.82) is 0 Å². The lowest BCUT2D eigenvalue weighted by Gasteiger charge is -2.04. The molecule has 5 heteroatoms. The van der Waals surface area contributed by atoms with Crippen molar-refractivity contribution in [1.82, 2.24) is 0 Å². The molecule has 0 aliphatic rings. The van der Waals surface area contributed by atoms with Crippen molar-refractivity contribution in [2.24, 2.45) is 0 Å². The van der Waals surface area contributed by atoms with Crippen molar-refractivity contribution >= 4 is 5.97 Å². The number of carboxylic acid groups (broad SMARTS) is 1. The highest BCUT2D eigenvalue weighted by molar-refractivity contribution is 5.72. The van der Waals surface area contributed by atoms with Gasteiger partial charge in [0.2, 0.25) is 6.10 Å². The molecule has 0 spiro atoms. The second-order valence-electron chi connectivity index (χ2n) is 1.20. The topological polar surface area (TPSA) is 98.0 Å². The monoisotopic (exact) mass is 122 g/mol. The maximum Gasteiger partial charge on any atom is 0.337 e. The molecule has 0 radical (unpaired) electrons. The molecule has 0 unspecified atom stereocenters. The Balaban J connectivity index is 3.64. The van der Waals surface area contributed by atoms with Crippen molar-refractivity contribution in [2.75, 3.05) is 0 Å². The van der Waals surface area contributed by atoms with Crippen LogP contribution in [0, 0.1) is 0 Å². The Morgan fingerprint density at radius 1 is 1.25 bits per heavy atom. The van der Waals surface area contributed by atoms with Crippen molar-refractivity contribution in [3.63, 3.8) is 0 Å². The summed E-state index contributed by atoms with van der Waals surface area (Å²) in [4.78, 5) is 9.57. The SMILES string of the molecule is O=C(O)[C@H](O)C(O)O. The highest BCUT2D eigenvalue weighted by Gasteiger charge is 2.20. The van der Waals surface area contributed by atoms with Crippen LogP contribution in [0.5, 0.6) is 0 Å². The van der Waals surface area contributed by atoms with Crippen LogP contribution in [-0.2, 0) is 4.79 Å². The van der Waals surface area contributed by atoms with Gasteiger partial charge in [0.05, 0.1) is 0 Å². The molecule has 0 saturated heterocycles. The van der Waals surface area contributed by atoms with Gasteiger partial charge in [0, 0.05) is 0 Å². The average molecular weight is 122 g/mol. The molecule has 0 bridgehead atoms. The lowest BCUT2D eigenvalue weighted by Crippen LogP contribution is -2.33. The number of hydrogen-bond acceptors (Lipinski definition) is 4. The zero-order valence-corrected chi connectivity index (χ0v) is 3.85. The van der Waals surface area contributed by atoms with Gasteiger partial charge < -0.3 is 20.4 Å². The molecule has 48 valence electrons. The van der Waals surface area contributed by atoms with Gasteiger partial charge in [0.25, 0.3) is 0 Å². The second-order valence-corrected chi connectivity index (χ2v) is 1.20. The van der Waals surface area contributed by atoms with Crippen LogP contribution in [-0.4, -0.2) is 38.8 Å². The van der Waals surface area contributed by atoms with Crippen molar-refractivity contribution in [2.45, 2.75) is 12.4 Å². The largest absolute Gasteiger partial charge is 0.479 e. The molecule has 4 N–H and O–H groups in total. The van der Waals surface area contributed by atoms with Crippen LogP contribution in [0.15, 0.2) is 0 Å².